The highest BCUT2D eigenvalue weighted by Gasteiger charge is 2.33. The number of carbonyl (C=O) groups is 1. The Labute approximate surface area is 162 Å². The minimum Gasteiger partial charge on any atom is -0.331 e. The average Bonchev–Trinajstić information content (AvgIpc) is 2.72. The number of piperazine rings is 1. The number of carbonyl (C=O) groups excluding carboxylic acids is 1. The largest absolute Gasteiger partial charge is 0.419 e. The van der Waals surface area contributed by atoms with E-state index < -0.39 is 11.7 Å². The molecule has 1 aliphatic heterocycles. The second-order valence-corrected chi connectivity index (χ2v) is 7.43. The topological polar surface area (TPSA) is 37.7 Å². The molecular formula is C21H23F3N3O+. The number of amides is 1. The van der Waals surface area contributed by atoms with E-state index in [9.17, 15) is 18.0 Å². The maximum atomic E-state index is 12.9. The first-order valence-electron chi connectivity index (χ1n) is 9.67. The number of nitrogens with zero attached hydrogens (tertiary/aromatic N) is 2. The van der Waals surface area contributed by atoms with Crippen molar-refractivity contribution in [3.05, 3.63) is 58.8 Å². The number of aryl methyl sites for hydroxylation is 2. The van der Waals surface area contributed by atoms with Gasteiger partial charge in [-0.25, -0.2) is 4.98 Å². The van der Waals surface area contributed by atoms with Gasteiger partial charge in [0.1, 0.15) is 19.3 Å². The number of anilines is 1. The summed E-state index contributed by atoms with van der Waals surface area (Å²) in [6.07, 6.45) is 1.14. The van der Waals surface area contributed by atoms with Crippen molar-refractivity contribution in [3.63, 3.8) is 0 Å². The number of hydrogen-bond donors (Lipinski definition) is 0. The van der Waals surface area contributed by atoms with Gasteiger partial charge in [-0.1, -0.05) is 6.07 Å². The van der Waals surface area contributed by atoms with Crippen molar-refractivity contribution >= 4 is 11.7 Å². The van der Waals surface area contributed by atoms with Crippen LogP contribution in [0.5, 0.6) is 0 Å². The van der Waals surface area contributed by atoms with E-state index in [1.807, 2.05) is 21.9 Å². The second kappa shape index (κ2) is 7.45. The van der Waals surface area contributed by atoms with Crippen LogP contribution >= 0.6 is 0 Å². The van der Waals surface area contributed by atoms with E-state index in [4.69, 9.17) is 0 Å². The van der Waals surface area contributed by atoms with E-state index in [1.54, 1.807) is 0 Å². The van der Waals surface area contributed by atoms with Gasteiger partial charge in [-0.3, -0.25) is 9.69 Å². The number of nitrogens with one attached hydrogen (secondary N) is 1. The lowest BCUT2D eigenvalue weighted by atomic mass is 9.90. The molecule has 1 aromatic carbocycles. The van der Waals surface area contributed by atoms with Crippen molar-refractivity contribution in [1.82, 2.24) is 4.90 Å². The predicted molar refractivity (Wildman–Crippen MR) is 99.2 cm³/mol. The van der Waals surface area contributed by atoms with Crippen molar-refractivity contribution in [1.29, 1.82) is 0 Å². The number of aromatic amines is 1. The first-order chi connectivity index (χ1) is 13.4. The normalized spacial score (nSPS) is 17.4. The zero-order valence-corrected chi connectivity index (χ0v) is 15.6. The molecule has 2 aromatic rings. The van der Waals surface area contributed by atoms with Crippen LogP contribution in [-0.4, -0.2) is 37.0 Å². The molecule has 0 radical (unpaired) electrons. The minimum atomic E-state index is -4.35. The van der Waals surface area contributed by atoms with Crippen LogP contribution in [0.25, 0.3) is 0 Å². The molecular weight excluding hydrogens is 367 g/mol. The van der Waals surface area contributed by atoms with Crippen LogP contribution in [0.2, 0.25) is 0 Å². The summed E-state index contributed by atoms with van der Waals surface area (Å²) >= 11 is 0. The number of pyridine rings is 1. The number of aromatic nitrogens is 1. The summed E-state index contributed by atoms with van der Waals surface area (Å²) in [5, 5.41) is 0. The molecule has 4 rings (SSSR count). The molecule has 1 amide bonds. The highest BCUT2D eigenvalue weighted by Crippen LogP contribution is 2.28. The standard InChI is InChI=1S/C21H22F3N3O/c22-21(23,24)18-7-8-19(25-14-18)26-9-11-27(12-10-26)20(28)17-6-5-15-3-1-2-4-16(15)13-17/h5-8,13-14H,1-4,9-12H2/p+1. The number of H-pyrrole nitrogens is 1. The number of benzene rings is 1. The van der Waals surface area contributed by atoms with Crippen LogP contribution in [0, 0.1) is 0 Å². The summed E-state index contributed by atoms with van der Waals surface area (Å²) in [6.45, 7) is 2.26. The third-order valence-corrected chi connectivity index (χ3v) is 5.63. The van der Waals surface area contributed by atoms with Crippen LogP contribution in [0.15, 0.2) is 36.5 Å². The molecule has 2 heterocycles. The number of fused-ring (bicyclic) bond motifs is 1. The molecule has 1 saturated heterocycles. The summed E-state index contributed by atoms with van der Waals surface area (Å²) in [5.41, 5.74) is 2.67. The Morgan fingerprint density at radius 2 is 1.64 bits per heavy atom. The molecule has 1 N–H and O–H groups in total. The lowest BCUT2D eigenvalue weighted by Crippen LogP contribution is -2.50. The van der Waals surface area contributed by atoms with Gasteiger partial charge in [-0.15, -0.1) is 0 Å². The molecule has 0 unspecified atom stereocenters. The van der Waals surface area contributed by atoms with Gasteiger partial charge < -0.3 is 4.90 Å². The number of rotatable bonds is 2. The first-order valence-corrected chi connectivity index (χ1v) is 9.67. The van der Waals surface area contributed by atoms with Gasteiger partial charge in [0.25, 0.3) is 11.7 Å². The lowest BCUT2D eigenvalue weighted by Gasteiger charge is -2.31. The zero-order chi connectivity index (χ0) is 19.7. The Balaban J connectivity index is 1.39. The Morgan fingerprint density at radius 3 is 2.29 bits per heavy atom. The van der Waals surface area contributed by atoms with Crippen molar-refractivity contribution in [3.8, 4) is 0 Å². The second-order valence-electron chi connectivity index (χ2n) is 7.43. The van der Waals surface area contributed by atoms with Crippen molar-refractivity contribution < 1.29 is 22.9 Å². The van der Waals surface area contributed by atoms with E-state index in [0.29, 0.717) is 32.0 Å². The molecule has 0 saturated carbocycles. The van der Waals surface area contributed by atoms with Gasteiger partial charge in [0.05, 0.1) is 18.7 Å². The number of hydrogen-bond acceptors (Lipinski definition) is 2. The third-order valence-electron chi connectivity index (χ3n) is 5.63. The fourth-order valence-corrected chi connectivity index (χ4v) is 3.99. The Bertz CT molecular complexity index is 856. The molecule has 0 spiro atoms. The quantitative estimate of drug-likeness (QED) is 0.789. The molecule has 4 nitrogen and oxygen atoms in total. The minimum absolute atomic E-state index is 0.0319. The van der Waals surface area contributed by atoms with Crippen LogP contribution in [0.1, 0.15) is 39.9 Å². The van der Waals surface area contributed by atoms with E-state index >= 15 is 0 Å². The van der Waals surface area contributed by atoms with Crippen LogP contribution in [-0.2, 0) is 19.0 Å². The smallest absolute Gasteiger partial charge is 0.331 e. The monoisotopic (exact) mass is 390 g/mol. The highest BCUT2D eigenvalue weighted by atomic mass is 19.4. The Morgan fingerprint density at radius 1 is 0.929 bits per heavy atom. The van der Waals surface area contributed by atoms with Crippen LogP contribution < -0.4 is 9.88 Å². The fraction of sp³-hybridized carbons (Fsp3) is 0.429. The molecule has 7 heteroatoms. The summed E-state index contributed by atoms with van der Waals surface area (Å²) in [7, 11) is 0. The SMILES string of the molecule is O=C(c1ccc2c(c1)CCCC2)N1CCN(c2ccc(C(F)(F)F)c[nH+]2)CC1. The molecule has 28 heavy (non-hydrogen) atoms. The van der Waals surface area contributed by atoms with E-state index in [1.165, 1.54) is 30.0 Å². The fourth-order valence-electron chi connectivity index (χ4n) is 3.99. The van der Waals surface area contributed by atoms with E-state index in [2.05, 4.69) is 11.1 Å². The van der Waals surface area contributed by atoms with Crippen molar-refractivity contribution in [2.24, 2.45) is 0 Å². The summed E-state index contributed by atoms with van der Waals surface area (Å²) in [5.74, 6) is 0.665. The Hall–Kier alpha value is -2.57. The lowest BCUT2D eigenvalue weighted by molar-refractivity contribution is -0.367. The van der Waals surface area contributed by atoms with E-state index in [-0.39, 0.29) is 5.91 Å². The van der Waals surface area contributed by atoms with Crippen LogP contribution in [0.3, 0.4) is 0 Å². The van der Waals surface area contributed by atoms with E-state index in [0.717, 1.165) is 30.7 Å². The summed E-state index contributed by atoms with van der Waals surface area (Å²) < 4.78 is 38.1. The Kier molecular flexibility index (Phi) is 5.00. The van der Waals surface area contributed by atoms with Gasteiger partial charge in [-0.2, -0.15) is 13.2 Å². The zero-order valence-electron chi connectivity index (χ0n) is 15.6. The number of alkyl halides is 3. The van der Waals surface area contributed by atoms with Gasteiger partial charge in [0.2, 0.25) is 0 Å². The molecule has 1 aromatic heterocycles. The van der Waals surface area contributed by atoms with Gasteiger partial charge in [-0.05, 0) is 55.0 Å². The molecule has 1 aliphatic carbocycles. The molecule has 0 atom stereocenters. The summed E-state index contributed by atoms with van der Waals surface area (Å²) in [6, 6.07) is 8.56. The molecule has 0 bridgehead atoms. The van der Waals surface area contributed by atoms with Crippen LogP contribution in [0.4, 0.5) is 19.0 Å². The third kappa shape index (κ3) is 3.84. The molecule has 2 aliphatic rings. The molecule has 148 valence electrons. The summed E-state index contributed by atoms with van der Waals surface area (Å²) in [4.78, 5) is 19.4. The van der Waals surface area contributed by atoms with Gasteiger partial charge >= 0.3 is 6.18 Å². The first kappa shape index (κ1) is 18.8. The highest BCUT2D eigenvalue weighted by molar-refractivity contribution is 5.94. The maximum Gasteiger partial charge on any atom is 0.419 e. The van der Waals surface area contributed by atoms with Gasteiger partial charge in [0, 0.05) is 11.6 Å². The predicted octanol–water partition coefficient (Wildman–Crippen LogP) is 3.36. The molecule has 1 fully saturated rings. The average molecular weight is 390 g/mol. The van der Waals surface area contributed by atoms with Crippen molar-refractivity contribution in [2.75, 3.05) is 31.1 Å². The number of halogens is 3. The maximum absolute atomic E-state index is 12.9. The van der Waals surface area contributed by atoms with Gasteiger partial charge in [0.15, 0.2) is 0 Å². The van der Waals surface area contributed by atoms with Crippen molar-refractivity contribution in [2.45, 2.75) is 31.9 Å².